The van der Waals surface area contributed by atoms with Crippen LogP contribution in [0.2, 0.25) is 5.02 Å². The van der Waals surface area contributed by atoms with Gasteiger partial charge in [-0.25, -0.2) is 13.1 Å². The second-order valence-electron chi connectivity index (χ2n) is 4.38. The number of nitro groups is 1. The van der Waals surface area contributed by atoms with Crippen molar-refractivity contribution in [3.8, 4) is 0 Å². The summed E-state index contributed by atoms with van der Waals surface area (Å²) in [6.07, 6.45) is 0. The highest BCUT2D eigenvalue weighted by molar-refractivity contribution is 7.89. The average molecular weight is 322 g/mol. The van der Waals surface area contributed by atoms with Crippen LogP contribution >= 0.6 is 11.6 Å². The summed E-state index contributed by atoms with van der Waals surface area (Å²) in [5.74, 6) is 0. The molecule has 0 heterocycles. The fourth-order valence-corrected chi connectivity index (χ4v) is 2.83. The average Bonchev–Trinajstić information content (AvgIpc) is 2.34. The molecule has 0 radical (unpaired) electrons. The highest BCUT2D eigenvalue weighted by atomic mass is 35.5. The van der Waals surface area contributed by atoms with E-state index in [9.17, 15) is 18.5 Å². The van der Waals surface area contributed by atoms with Gasteiger partial charge in [0.1, 0.15) is 0 Å². The molecule has 0 fully saturated rings. The molecular formula is C11H16ClN3O4S. The summed E-state index contributed by atoms with van der Waals surface area (Å²) in [7, 11) is -3.94. The summed E-state index contributed by atoms with van der Waals surface area (Å²) in [5.41, 5.74) is -0.540. The van der Waals surface area contributed by atoms with E-state index in [1.54, 1.807) is 0 Å². The summed E-state index contributed by atoms with van der Waals surface area (Å²) in [5, 5.41) is 14.0. The van der Waals surface area contributed by atoms with Crippen molar-refractivity contribution in [3.05, 3.63) is 33.3 Å². The van der Waals surface area contributed by atoms with E-state index in [0.717, 1.165) is 12.1 Å². The SMILES string of the molecule is CC(C)NCCNS(=O)(=O)c1ccc(Cl)cc1[N+](=O)[O-]. The topological polar surface area (TPSA) is 101 Å². The lowest BCUT2D eigenvalue weighted by atomic mass is 10.3. The fraction of sp³-hybridized carbons (Fsp3) is 0.455. The molecule has 1 aromatic rings. The summed E-state index contributed by atoms with van der Waals surface area (Å²) >= 11 is 5.64. The van der Waals surface area contributed by atoms with Crippen LogP contribution in [0.15, 0.2) is 23.1 Å². The maximum Gasteiger partial charge on any atom is 0.290 e. The van der Waals surface area contributed by atoms with Crippen LogP contribution in [0.1, 0.15) is 13.8 Å². The van der Waals surface area contributed by atoms with E-state index in [1.165, 1.54) is 6.07 Å². The molecule has 0 saturated carbocycles. The first-order chi connectivity index (χ1) is 9.24. The minimum absolute atomic E-state index is 0.108. The Balaban J connectivity index is 2.90. The smallest absolute Gasteiger partial charge is 0.290 e. The van der Waals surface area contributed by atoms with Crippen molar-refractivity contribution in [2.45, 2.75) is 24.8 Å². The maximum atomic E-state index is 12.0. The van der Waals surface area contributed by atoms with Gasteiger partial charge in [0.15, 0.2) is 4.90 Å². The molecule has 0 aromatic heterocycles. The van der Waals surface area contributed by atoms with Gasteiger partial charge in [-0.3, -0.25) is 10.1 Å². The van der Waals surface area contributed by atoms with Gasteiger partial charge in [-0.05, 0) is 12.1 Å². The van der Waals surface area contributed by atoms with Crippen LogP contribution in [0.5, 0.6) is 0 Å². The van der Waals surface area contributed by atoms with Crippen LogP contribution in [0, 0.1) is 10.1 Å². The Labute approximate surface area is 122 Å². The van der Waals surface area contributed by atoms with Crippen molar-refractivity contribution in [2.24, 2.45) is 0 Å². The van der Waals surface area contributed by atoms with Crippen LogP contribution in [0.3, 0.4) is 0 Å². The number of benzene rings is 1. The van der Waals surface area contributed by atoms with Crippen LogP contribution in [-0.4, -0.2) is 32.5 Å². The van der Waals surface area contributed by atoms with Gasteiger partial charge in [-0.2, -0.15) is 0 Å². The molecule has 1 aromatic carbocycles. The Morgan fingerprint density at radius 3 is 2.55 bits per heavy atom. The first-order valence-electron chi connectivity index (χ1n) is 5.91. The molecule has 0 aliphatic heterocycles. The van der Waals surface area contributed by atoms with Crippen molar-refractivity contribution in [1.82, 2.24) is 10.0 Å². The van der Waals surface area contributed by atoms with Crippen LogP contribution in [0.4, 0.5) is 5.69 Å². The number of sulfonamides is 1. The van der Waals surface area contributed by atoms with Crippen molar-refractivity contribution < 1.29 is 13.3 Å². The molecule has 0 amide bonds. The zero-order valence-electron chi connectivity index (χ0n) is 11.1. The Kier molecular flexibility index (Phi) is 5.88. The van der Waals surface area contributed by atoms with E-state index in [2.05, 4.69) is 10.0 Å². The largest absolute Gasteiger partial charge is 0.313 e. The minimum atomic E-state index is -3.94. The second kappa shape index (κ2) is 6.98. The summed E-state index contributed by atoms with van der Waals surface area (Å²) in [4.78, 5) is 9.72. The first kappa shape index (κ1) is 16.8. The van der Waals surface area contributed by atoms with Crippen molar-refractivity contribution in [2.75, 3.05) is 13.1 Å². The predicted octanol–water partition coefficient (Wildman–Crippen LogP) is 1.52. The van der Waals surface area contributed by atoms with Gasteiger partial charge in [-0.15, -0.1) is 0 Å². The third-order valence-corrected chi connectivity index (χ3v) is 4.12. The first-order valence-corrected chi connectivity index (χ1v) is 7.77. The summed E-state index contributed by atoms with van der Waals surface area (Å²) in [6.45, 7) is 4.43. The van der Waals surface area contributed by atoms with E-state index >= 15 is 0 Å². The Morgan fingerprint density at radius 2 is 2.00 bits per heavy atom. The van der Waals surface area contributed by atoms with E-state index in [-0.39, 0.29) is 17.6 Å². The monoisotopic (exact) mass is 321 g/mol. The molecule has 0 unspecified atom stereocenters. The predicted molar refractivity (Wildman–Crippen MR) is 76.4 cm³/mol. The lowest BCUT2D eigenvalue weighted by Gasteiger charge is -2.10. The van der Waals surface area contributed by atoms with Crippen LogP contribution in [0.25, 0.3) is 0 Å². The second-order valence-corrected chi connectivity index (χ2v) is 6.55. The number of nitro benzene ring substituents is 1. The van der Waals surface area contributed by atoms with E-state index in [4.69, 9.17) is 11.6 Å². The zero-order chi connectivity index (χ0) is 15.3. The number of hydrogen-bond acceptors (Lipinski definition) is 5. The number of hydrogen-bond donors (Lipinski definition) is 2. The summed E-state index contributed by atoms with van der Waals surface area (Å²) < 4.78 is 26.4. The lowest BCUT2D eigenvalue weighted by molar-refractivity contribution is -0.387. The van der Waals surface area contributed by atoms with Crippen molar-refractivity contribution >= 4 is 27.3 Å². The van der Waals surface area contributed by atoms with Crippen LogP contribution < -0.4 is 10.0 Å². The molecule has 20 heavy (non-hydrogen) atoms. The van der Waals surface area contributed by atoms with Gasteiger partial charge in [0.25, 0.3) is 5.69 Å². The highest BCUT2D eigenvalue weighted by Gasteiger charge is 2.25. The molecule has 0 saturated heterocycles. The third kappa shape index (κ3) is 4.71. The van der Waals surface area contributed by atoms with Crippen LogP contribution in [-0.2, 0) is 10.0 Å². The van der Waals surface area contributed by atoms with Crippen molar-refractivity contribution in [1.29, 1.82) is 0 Å². The molecule has 112 valence electrons. The van der Waals surface area contributed by atoms with Gasteiger partial charge >= 0.3 is 0 Å². The standard InChI is InChI=1S/C11H16ClN3O4S/c1-8(2)13-5-6-14-20(18,19)11-4-3-9(12)7-10(11)15(16)17/h3-4,7-8,13-14H,5-6H2,1-2H3. The molecule has 0 spiro atoms. The number of nitrogens with one attached hydrogen (secondary N) is 2. The molecule has 2 N–H and O–H groups in total. The van der Waals surface area contributed by atoms with E-state index in [1.807, 2.05) is 13.8 Å². The number of rotatable bonds is 7. The van der Waals surface area contributed by atoms with Gasteiger partial charge < -0.3 is 5.32 Å². The van der Waals surface area contributed by atoms with Gasteiger partial charge in [0.05, 0.1) is 4.92 Å². The molecule has 0 atom stereocenters. The molecule has 0 aliphatic rings. The Bertz CT molecular complexity index is 589. The lowest BCUT2D eigenvalue weighted by Crippen LogP contribution is -2.34. The number of halogens is 1. The van der Waals surface area contributed by atoms with Crippen molar-refractivity contribution in [3.63, 3.8) is 0 Å². The molecule has 0 bridgehead atoms. The summed E-state index contributed by atoms with van der Waals surface area (Å²) in [6, 6.07) is 3.67. The van der Waals surface area contributed by atoms with Gasteiger partial charge in [0.2, 0.25) is 10.0 Å². The molecule has 1 rings (SSSR count). The third-order valence-electron chi connectivity index (χ3n) is 2.38. The quantitative estimate of drug-likeness (QED) is 0.450. The maximum absolute atomic E-state index is 12.0. The Morgan fingerprint density at radius 1 is 1.35 bits per heavy atom. The van der Waals surface area contributed by atoms with E-state index < -0.39 is 25.5 Å². The Hall–Kier alpha value is -1.22. The molecular weight excluding hydrogens is 306 g/mol. The number of nitrogens with zero attached hydrogens (tertiary/aromatic N) is 1. The molecule has 0 aliphatic carbocycles. The normalized spacial score (nSPS) is 11.8. The molecule has 9 heteroatoms. The fourth-order valence-electron chi connectivity index (χ4n) is 1.48. The van der Waals surface area contributed by atoms with Gasteiger partial charge in [0, 0.05) is 30.2 Å². The highest BCUT2D eigenvalue weighted by Crippen LogP contribution is 2.26. The van der Waals surface area contributed by atoms with Gasteiger partial charge in [-0.1, -0.05) is 25.4 Å². The minimum Gasteiger partial charge on any atom is -0.313 e. The zero-order valence-corrected chi connectivity index (χ0v) is 12.7. The molecule has 7 nitrogen and oxygen atoms in total. The van der Waals surface area contributed by atoms with E-state index in [0.29, 0.717) is 6.54 Å².